The summed E-state index contributed by atoms with van der Waals surface area (Å²) in [6.07, 6.45) is 1.93. The summed E-state index contributed by atoms with van der Waals surface area (Å²) in [6, 6.07) is 4.35. The average molecular weight is 273 g/mol. The van der Waals surface area contributed by atoms with Crippen LogP contribution >= 0.6 is 34.3 Å². The molecule has 1 N–H and O–H groups in total. The number of hydrogen-bond donors (Lipinski definition) is 1. The average Bonchev–Trinajstić information content (AvgIpc) is 2.84. The molecule has 0 amide bonds. The maximum atomic E-state index is 5.91. The van der Waals surface area contributed by atoms with E-state index in [0.717, 1.165) is 15.9 Å². The maximum Gasteiger partial charge on any atom is 0.0931 e. The Hall–Kier alpha value is -0.420. The molecule has 2 aromatic heterocycles. The van der Waals surface area contributed by atoms with E-state index in [0.29, 0.717) is 6.04 Å². The number of halogens is 1. The first kappa shape index (κ1) is 12.0. The molecule has 86 valence electrons. The molecule has 0 bridgehead atoms. The molecule has 5 heteroatoms. The van der Waals surface area contributed by atoms with Gasteiger partial charge < -0.3 is 5.32 Å². The Morgan fingerprint density at radius 2 is 2.25 bits per heavy atom. The van der Waals surface area contributed by atoms with E-state index in [1.165, 1.54) is 9.75 Å². The van der Waals surface area contributed by atoms with E-state index in [1.54, 1.807) is 22.7 Å². The van der Waals surface area contributed by atoms with Gasteiger partial charge in [-0.3, -0.25) is 0 Å². The van der Waals surface area contributed by atoms with Crippen molar-refractivity contribution in [2.24, 2.45) is 0 Å². The van der Waals surface area contributed by atoms with Gasteiger partial charge in [-0.15, -0.1) is 22.7 Å². The first-order chi connectivity index (χ1) is 7.65. The van der Waals surface area contributed by atoms with Crippen LogP contribution in [0, 0.1) is 6.92 Å². The Morgan fingerprint density at radius 3 is 2.81 bits per heavy atom. The minimum Gasteiger partial charge on any atom is -0.304 e. The molecule has 2 heterocycles. The van der Waals surface area contributed by atoms with Crippen molar-refractivity contribution in [3.63, 3.8) is 0 Å². The summed E-state index contributed by atoms with van der Waals surface area (Å²) in [5.41, 5.74) is 0. The van der Waals surface area contributed by atoms with Crippen molar-refractivity contribution >= 4 is 34.3 Å². The van der Waals surface area contributed by atoms with Crippen LogP contribution < -0.4 is 5.32 Å². The van der Waals surface area contributed by atoms with Crippen LogP contribution in [-0.2, 0) is 6.54 Å². The van der Waals surface area contributed by atoms with Crippen LogP contribution in [-0.4, -0.2) is 4.98 Å². The van der Waals surface area contributed by atoms with Crippen LogP contribution in [0.4, 0.5) is 0 Å². The Kier molecular flexibility index (Phi) is 3.97. The van der Waals surface area contributed by atoms with Crippen LogP contribution in [0.3, 0.4) is 0 Å². The maximum absolute atomic E-state index is 5.91. The second-order valence-electron chi connectivity index (χ2n) is 3.59. The summed E-state index contributed by atoms with van der Waals surface area (Å²) in [6.45, 7) is 5.04. The standard InChI is InChI=1S/C11H13ClN2S2/c1-7(10-3-4-11(12)16-10)13-5-9-6-14-8(2)15-9/h3-4,6-7,13H,5H2,1-2H3. The monoisotopic (exact) mass is 272 g/mol. The number of hydrogen-bond acceptors (Lipinski definition) is 4. The van der Waals surface area contributed by atoms with Crippen LogP contribution in [0.15, 0.2) is 18.3 Å². The van der Waals surface area contributed by atoms with Crippen molar-refractivity contribution in [2.75, 3.05) is 0 Å². The molecule has 2 aromatic rings. The van der Waals surface area contributed by atoms with E-state index in [1.807, 2.05) is 19.2 Å². The van der Waals surface area contributed by atoms with Crippen molar-refractivity contribution in [2.45, 2.75) is 26.4 Å². The first-order valence-corrected chi connectivity index (χ1v) is 7.06. The first-order valence-electron chi connectivity index (χ1n) is 5.05. The lowest BCUT2D eigenvalue weighted by molar-refractivity contribution is 0.587. The van der Waals surface area contributed by atoms with E-state index < -0.39 is 0 Å². The molecule has 0 aliphatic rings. The molecule has 0 aliphatic heterocycles. The van der Waals surface area contributed by atoms with Crippen molar-refractivity contribution in [3.8, 4) is 0 Å². The molecule has 0 spiro atoms. The normalized spacial score (nSPS) is 12.9. The summed E-state index contributed by atoms with van der Waals surface area (Å²) in [5, 5.41) is 4.58. The number of thiazole rings is 1. The Morgan fingerprint density at radius 1 is 1.44 bits per heavy atom. The summed E-state index contributed by atoms with van der Waals surface area (Å²) < 4.78 is 0.845. The Balaban J connectivity index is 1.91. The third-order valence-electron chi connectivity index (χ3n) is 2.27. The van der Waals surface area contributed by atoms with Gasteiger partial charge in [0.05, 0.1) is 9.34 Å². The molecule has 16 heavy (non-hydrogen) atoms. The fraction of sp³-hybridized carbons (Fsp3) is 0.364. The largest absolute Gasteiger partial charge is 0.304 e. The molecular formula is C11H13ClN2S2. The fourth-order valence-corrected chi connectivity index (χ4v) is 3.24. The highest BCUT2D eigenvalue weighted by molar-refractivity contribution is 7.16. The van der Waals surface area contributed by atoms with Gasteiger partial charge in [0.25, 0.3) is 0 Å². The highest BCUT2D eigenvalue weighted by atomic mass is 35.5. The van der Waals surface area contributed by atoms with Gasteiger partial charge in [0.1, 0.15) is 0 Å². The molecule has 0 aliphatic carbocycles. The van der Waals surface area contributed by atoms with Crippen LogP contribution in [0.25, 0.3) is 0 Å². The number of rotatable bonds is 4. The van der Waals surface area contributed by atoms with E-state index in [4.69, 9.17) is 11.6 Å². The van der Waals surface area contributed by atoms with E-state index >= 15 is 0 Å². The molecule has 0 radical (unpaired) electrons. The van der Waals surface area contributed by atoms with E-state index in [-0.39, 0.29) is 0 Å². The van der Waals surface area contributed by atoms with Gasteiger partial charge in [-0.05, 0) is 26.0 Å². The fourth-order valence-electron chi connectivity index (χ4n) is 1.40. The zero-order valence-electron chi connectivity index (χ0n) is 9.16. The predicted molar refractivity (Wildman–Crippen MR) is 71.4 cm³/mol. The Bertz CT molecular complexity index is 464. The SMILES string of the molecule is Cc1ncc(CNC(C)c2ccc(Cl)s2)s1. The van der Waals surface area contributed by atoms with Crippen molar-refractivity contribution in [1.82, 2.24) is 10.3 Å². The predicted octanol–water partition coefficient (Wildman–Crippen LogP) is 4.02. The molecular weight excluding hydrogens is 260 g/mol. The van der Waals surface area contributed by atoms with Gasteiger partial charge >= 0.3 is 0 Å². The Labute approximate surface area is 108 Å². The summed E-state index contributed by atoms with van der Waals surface area (Å²) in [4.78, 5) is 6.77. The number of aromatic nitrogens is 1. The minimum absolute atomic E-state index is 0.333. The molecule has 1 unspecified atom stereocenters. The molecule has 0 saturated heterocycles. The number of aryl methyl sites for hydroxylation is 1. The zero-order valence-corrected chi connectivity index (χ0v) is 11.5. The summed E-state index contributed by atoms with van der Waals surface area (Å²) in [7, 11) is 0. The van der Waals surface area contributed by atoms with Crippen LogP contribution in [0.2, 0.25) is 4.34 Å². The summed E-state index contributed by atoms with van der Waals surface area (Å²) in [5.74, 6) is 0. The molecule has 1 atom stereocenters. The molecule has 0 fully saturated rings. The third kappa shape index (κ3) is 3.04. The van der Waals surface area contributed by atoms with Crippen molar-refractivity contribution in [1.29, 1.82) is 0 Å². The molecule has 0 aromatic carbocycles. The molecule has 2 rings (SSSR count). The lowest BCUT2D eigenvalue weighted by Crippen LogP contribution is -2.16. The number of thiophene rings is 1. The van der Waals surface area contributed by atoms with E-state index in [2.05, 4.69) is 23.3 Å². The minimum atomic E-state index is 0.333. The topological polar surface area (TPSA) is 24.9 Å². The number of nitrogens with zero attached hydrogens (tertiary/aromatic N) is 1. The number of nitrogens with one attached hydrogen (secondary N) is 1. The van der Waals surface area contributed by atoms with Crippen LogP contribution in [0.1, 0.15) is 27.7 Å². The van der Waals surface area contributed by atoms with Crippen molar-refractivity contribution < 1.29 is 0 Å². The third-order valence-corrected chi connectivity index (χ3v) is 4.60. The lowest BCUT2D eigenvalue weighted by Gasteiger charge is -2.10. The van der Waals surface area contributed by atoms with E-state index in [9.17, 15) is 0 Å². The molecule has 2 nitrogen and oxygen atoms in total. The quantitative estimate of drug-likeness (QED) is 0.909. The lowest BCUT2D eigenvalue weighted by atomic mass is 10.3. The van der Waals surface area contributed by atoms with Gasteiger partial charge in [0.2, 0.25) is 0 Å². The highest BCUT2D eigenvalue weighted by Crippen LogP contribution is 2.27. The smallest absolute Gasteiger partial charge is 0.0931 e. The van der Waals surface area contributed by atoms with Gasteiger partial charge in [-0.2, -0.15) is 0 Å². The second kappa shape index (κ2) is 5.27. The van der Waals surface area contributed by atoms with Gasteiger partial charge in [0, 0.05) is 28.5 Å². The highest BCUT2D eigenvalue weighted by Gasteiger charge is 2.08. The second-order valence-corrected chi connectivity index (χ2v) is 6.66. The molecule has 0 saturated carbocycles. The van der Waals surface area contributed by atoms with Gasteiger partial charge in [0.15, 0.2) is 0 Å². The van der Waals surface area contributed by atoms with Gasteiger partial charge in [-0.25, -0.2) is 4.98 Å². The van der Waals surface area contributed by atoms with Gasteiger partial charge in [-0.1, -0.05) is 11.6 Å². The van der Waals surface area contributed by atoms with Crippen molar-refractivity contribution in [3.05, 3.63) is 37.4 Å². The zero-order chi connectivity index (χ0) is 11.5. The van der Waals surface area contributed by atoms with Crippen LogP contribution in [0.5, 0.6) is 0 Å². The summed E-state index contributed by atoms with van der Waals surface area (Å²) >= 11 is 9.27.